The van der Waals surface area contributed by atoms with Crippen molar-refractivity contribution in [3.63, 3.8) is 0 Å². The van der Waals surface area contributed by atoms with Crippen LogP contribution in [0, 0.1) is 0 Å². The van der Waals surface area contributed by atoms with Gasteiger partial charge in [-0.05, 0) is 43.2 Å². The van der Waals surface area contributed by atoms with E-state index in [0.717, 1.165) is 18.4 Å². The number of anilines is 1. The number of carbonyl (C=O) groups is 1. The topological polar surface area (TPSA) is 94.3 Å². The molecule has 6 nitrogen and oxygen atoms in total. The van der Waals surface area contributed by atoms with Crippen LogP contribution >= 0.6 is 11.6 Å². The molecule has 2 aromatic rings. The van der Waals surface area contributed by atoms with Gasteiger partial charge in [-0.3, -0.25) is 4.79 Å². The van der Waals surface area contributed by atoms with Gasteiger partial charge in [0.1, 0.15) is 17.2 Å². The molecule has 2 aromatic carbocycles. The number of hydrogen-bond acceptors (Lipinski definition) is 5. The molecule has 0 bridgehead atoms. The summed E-state index contributed by atoms with van der Waals surface area (Å²) in [5.74, 6) is -1.01. The lowest BCUT2D eigenvalue weighted by Gasteiger charge is -2.07. The Balaban J connectivity index is 2.24. The Bertz CT molecular complexity index is 845. The number of aryl methyl sites for hydroxylation is 1. The highest BCUT2D eigenvalue weighted by Crippen LogP contribution is 2.34. The lowest BCUT2D eigenvalue weighted by Crippen LogP contribution is -2.14. The monoisotopic (exact) mass is 373 g/mol. The number of nitrogens with one attached hydrogen (secondary N) is 1. The van der Waals surface area contributed by atoms with Crippen LogP contribution in [0.5, 0.6) is 5.75 Å². The lowest BCUT2D eigenvalue weighted by molar-refractivity contribution is -0.113. The molecule has 0 saturated heterocycles. The molecule has 0 atom stereocenters. The summed E-state index contributed by atoms with van der Waals surface area (Å²) < 4.78 is 0. The van der Waals surface area contributed by atoms with Crippen molar-refractivity contribution >= 4 is 28.9 Å². The first-order valence-electron chi connectivity index (χ1n) is 8.11. The predicted molar refractivity (Wildman–Crippen MR) is 102 cm³/mol. The third kappa shape index (κ3) is 5.07. The first kappa shape index (κ1) is 19.5. The molecule has 0 fully saturated rings. The number of benzene rings is 2. The van der Waals surface area contributed by atoms with Gasteiger partial charge in [0.25, 0.3) is 5.91 Å². The fourth-order valence-electron chi connectivity index (χ4n) is 2.23. The first-order valence-corrected chi connectivity index (χ1v) is 8.49. The molecule has 7 heteroatoms. The van der Waals surface area contributed by atoms with Crippen molar-refractivity contribution in [2.24, 2.45) is 10.2 Å². The van der Waals surface area contributed by atoms with E-state index in [1.165, 1.54) is 19.1 Å². The molecule has 0 aromatic heterocycles. The van der Waals surface area contributed by atoms with Gasteiger partial charge >= 0.3 is 0 Å². The summed E-state index contributed by atoms with van der Waals surface area (Å²) >= 11 is 6.17. The zero-order valence-electron chi connectivity index (χ0n) is 14.5. The number of amides is 1. The maximum Gasteiger partial charge on any atom is 0.279 e. The largest absolute Gasteiger partial charge is 0.510 e. The predicted octanol–water partition coefficient (Wildman–Crippen LogP) is 5.51. The van der Waals surface area contributed by atoms with E-state index in [2.05, 4.69) is 15.5 Å². The third-order valence-electron chi connectivity index (χ3n) is 3.51. The number of carbonyl (C=O) groups excluding carboxylic acids is 1. The number of rotatable bonds is 6. The maximum absolute atomic E-state index is 12.3. The average Bonchev–Trinajstić information content (AvgIpc) is 2.59. The van der Waals surface area contributed by atoms with E-state index in [1.807, 2.05) is 13.0 Å². The number of halogens is 1. The molecule has 0 aliphatic heterocycles. The standard InChI is InChI=1S/C19H20ClN3O3/c1-3-7-13-10-17(25)16(11-15(13)20)22-23-18(12(2)24)19(26)21-14-8-5-4-6-9-14/h4-6,8-11,24-25H,3,7H2,1-2H3,(H,21,26). The number of aliphatic hydroxyl groups is 1. The summed E-state index contributed by atoms with van der Waals surface area (Å²) in [5, 5.41) is 30.6. The summed E-state index contributed by atoms with van der Waals surface area (Å²) in [6.07, 6.45) is 1.61. The molecule has 136 valence electrons. The van der Waals surface area contributed by atoms with Crippen LogP contribution in [0.25, 0.3) is 0 Å². The van der Waals surface area contributed by atoms with Crippen molar-refractivity contribution in [1.29, 1.82) is 0 Å². The van der Waals surface area contributed by atoms with E-state index in [-0.39, 0.29) is 22.9 Å². The minimum Gasteiger partial charge on any atom is -0.510 e. The Morgan fingerprint density at radius 3 is 2.54 bits per heavy atom. The number of azo groups is 1. The Morgan fingerprint density at radius 1 is 1.23 bits per heavy atom. The maximum atomic E-state index is 12.3. The van der Waals surface area contributed by atoms with E-state index in [4.69, 9.17) is 11.6 Å². The SMILES string of the molecule is CCCc1cc(O)c(N=NC(C(=O)Nc2ccccc2)=C(C)O)cc1Cl. The molecule has 0 saturated carbocycles. The fourth-order valence-corrected chi connectivity index (χ4v) is 2.49. The number of phenols is 1. The third-order valence-corrected chi connectivity index (χ3v) is 3.86. The number of hydrogen-bond donors (Lipinski definition) is 3. The van der Waals surface area contributed by atoms with E-state index in [0.29, 0.717) is 10.7 Å². The molecule has 1 amide bonds. The second-order valence-corrected chi connectivity index (χ2v) is 6.04. The number of nitrogens with zero attached hydrogens (tertiary/aromatic N) is 2. The smallest absolute Gasteiger partial charge is 0.279 e. The van der Waals surface area contributed by atoms with Crippen molar-refractivity contribution in [1.82, 2.24) is 0 Å². The van der Waals surface area contributed by atoms with Crippen molar-refractivity contribution in [3.8, 4) is 5.75 Å². The molecular formula is C19H20ClN3O3. The van der Waals surface area contributed by atoms with Crippen LogP contribution in [0.4, 0.5) is 11.4 Å². The number of aliphatic hydroxyl groups excluding tert-OH is 1. The molecule has 0 heterocycles. The number of allylic oxidation sites excluding steroid dienone is 1. The van der Waals surface area contributed by atoms with Gasteiger partial charge in [0, 0.05) is 10.7 Å². The summed E-state index contributed by atoms with van der Waals surface area (Å²) in [5.41, 5.74) is 1.21. The van der Waals surface area contributed by atoms with Crippen molar-refractivity contribution in [2.45, 2.75) is 26.7 Å². The molecular weight excluding hydrogens is 354 g/mol. The molecule has 0 aliphatic rings. The van der Waals surface area contributed by atoms with Gasteiger partial charge in [-0.25, -0.2) is 0 Å². The number of phenolic OH excluding ortho intramolecular Hbond substituents is 1. The molecule has 26 heavy (non-hydrogen) atoms. The van der Waals surface area contributed by atoms with Crippen molar-refractivity contribution < 1.29 is 15.0 Å². The Morgan fingerprint density at radius 2 is 1.92 bits per heavy atom. The second-order valence-electron chi connectivity index (χ2n) is 5.64. The molecule has 0 unspecified atom stereocenters. The highest BCUT2D eigenvalue weighted by Gasteiger charge is 2.14. The molecule has 0 radical (unpaired) electrons. The molecule has 0 aliphatic carbocycles. The number of para-hydroxylation sites is 1. The van der Waals surface area contributed by atoms with Gasteiger partial charge in [0.15, 0.2) is 5.70 Å². The first-order chi connectivity index (χ1) is 12.4. The quantitative estimate of drug-likeness (QED) is 0.354. The summed E-state index contributed by atoms with van der Waals surface area (Å²) in [6, 6.07) is 11.8. The van der Waals surface area contributed by atoms with E-state index in [9.17, 15) is 15.0 Å². The van der Waals surface area contributed by atoms with E-state index in [1.54, 1.807) is 24.3 Å². The average molecular weight is 374 g/mol. The summed E-state index contributed by atoms with van der Waals surface area (Å²) in [6.45, 7) is 3.34. The van der Waals surface area contributed by atoms with Crippen molar-refractivity contribution in [2.75, 3.05) is 5.32 Å². The van der Waals surface area contributed by atoms with Gasteiger partial charge in [-0.2, -0.15) is 0 Å². The van der Waals surface area contributed by atoms with Crippen LogP contribution in [0.2, 0.25) is 5.02 Å². The highest BCUT2D eigenvalue weighted by atomic mass is 35.5. The summed E-state index contributed by atoms with van der Waals surface area (Å²) in [4.78, 5) is 12.3. The highest BCUT2D eigenvalue weighted by molar-refractivity contribution is 6.31. The van der Waals surface area contributed by atoms with Crippen LogP contribution in [-0.4, -0.2) is 16.1 Å². The molecule has 2 rings (SSSR count). The van der Waals surface area contributed by atoms with Crippen LogP contribution in [0.15, 0.2) is 64.1 Å². The fraction of sp³-hybridized carbons (Fsp3) is 0.211. The normalized spacial score (nSPS) is 12.1. The van der Waals surface area contributed by atoms with Crippen LogP contribution in [-0.2, 0) is 11.2 Å². The van der Waals surface area contributed by atoms with E-state index < -0.39 is 5.91 Å². The second kappa shape index (κ2) is 9.01. The minimum atomic E-state index is -0.617. The van der Waals surface area contributed by atoms with Gasteiger partial charge in [0.05, 0.1) is 0 Å². The van der Waals surface area contributed by atoms with Crippen molar-refractivity contribution in [3.05, 3.63) is 64.5 Å². The zero-order valence-corrected chi connectivity index (χ0v) is 15.3. The van der Waals surface area contributed by atoms with Gasteiger partial charge < -0.3 is 15.5 Å². The van der Waals surface area contributed by atoms with E-state index >= 15 is 0 Å². The Kier molecular flexibility index (Phi) is 6.74. The minimum absolute atomic E-state index is 0.0972. The molecule has 3 N–H and O–H groups in total. The Labute approximate surface area is 156 Å². The molecule has 0 spiro atoms. The van der Waals surface area contributed by atoms with Gasteiger partial charge in [0.2, 0.25) is 0 Å². The number of aromatic hydroxyl groups is 1. The van der Waals surface area contributed by atoms with Gasteiger partial charge in [-0.1, -0.05) is 43.1 Å². The zero-order chi connectivity index (χ0) is 19.1. The summed E-state index contributed by atoms with van der Waals surface area (Å²) in [7, 11) is 0. The Hall–Kier alpha value is -2.86. The lowest BCUT2D eigenvalue weighted by atomic mass is 10.1. The van der Waals surface area contributed by atoms with Gasteiger partial charge in [-0.15, -0.1) is 10.2 Å². The van der Waals surface area contributed by atoms with Crippen LogP contribution in [0.1, 0.15) is 25.8 Å². The van der Waals surface area contributed by atoms with Crippen LogP contribution < -0.4 is 5.32 Å². The van der Waals surface area contributed by atoms with Crippen LogP contribution in [0.3, 0.4) is 0 Å².